The zero-order valence-electron chi connectivity index (χ0n) is 13.8. The molecule has 4 nitrogen and oxygen atoms in total. The number of nitrogens with zero attached hydrogens (tertiary/aromatic N) is 1. The minimum atomic E-state index is -4.65. The van der Waals surface area contributed by atoms with Crippen molar-refractivity contribution in [3.63, 3.8) is 0 Å². The topological polar surface area (TPSA) is 64.9 Å². The molecule has 0 saturated heterocycles. The molecule has 0 atom stereocenters. The highest BCUT2D eigenvalue weighted by Crippen LogP contribution is 2.35. The zero-order chi connectivity index (χ0) is 18.7. The molecule has 3 rings (SSSR count). The Hall–Kier alpha value is -3.01. The van der Waals surface area contributed by atoms with E-state index in [0.29, 0.717) is 5.56 Å². The number of fused-ring (bicyclic) bond motifs is 1. The van der Waals surface area contributed by atoms with Gasteiger partial charge in [-0.05, 0) is 67.1 Å². The Kier molecular flexibility index (Phi) is 4.85. The molecule has 0 radical (unpaired) electrons. The quantitative estimate of drug-likeness (QED) is 0.807. The molecule has 0 fully saturated rings. The van der Waals surface area contributed by atoms with E-state index in [9.17, 15) is 18.0 Å². The number of halogens is 3. The van der Waals surface area contributed by atoms with E-state index in [4.69, 9.17) is 5.26 Å². The van der Waals surface area contributed by atoms with Gasteiger partial charge in [0.25, 0.3) is 5.91 Å². The molecule has 0 aromatic heterocycles. The largest absolute Gasteiger partial charge is 0.418 e. The number of hydrogen-bond donors (Lipinski definition) is 2. The van der Waals surface area contributed by atoms with Crippen molar-refractivity contribution in [2.75, 3.05) is 5.43 Å². The molecule has 0 bridgehead atoms. The highest BCUT2D eigenvalue weighted by Gasteiger charge is 2.34. The fourth-order valence-electron chi connectivity index (χ4n) is 3.03. The summed E-state index contributed by atoms with van der Waals surface area (Å²) in [6, 6.07) is 10.1. The van der Waals surface area contributed by atoms with Crippen molar-refractivity contribution in [3.8, 4) is 6.07 Å². The molecule has 1 amide bonds. The van der Waals surface area contributed by atoms with Gasteiger partial charge in [-0.3, -0.25) is 15.6 Å². The summed E-state index contributed by atoms with van der Waals surface area (Å²) in [5, 5.41) is 8.77. The molecule has 134 valence electrons. The Bertz CT molecular complexity index is 885. The lowest BCUT2D eigenvalue weighted by atomic mass is 9.90. The number of aryl methyl sites for hydroxylation is 2. The third-order valence-electron chi connectivity index (χ3n) is 4.38. The number of carbonyl (C=O) groups is 1. The Morgan fingerprint density at radius 1 is 1.04 bits per heavy atom. The number of hydrogen-bond acceptors (Lipinski definition) is 3. The van der Waals surface area contributed by atoms with Gasteiger partial charge in [0, 0.05) is 5.56 Å². The second-order valence-electron chi connectivity index (χ2n) is 6.14. The highest BCUT2D eigenvalue weighted by atomic mass is 19.4. The highest BCUT2D eigenvalue weighted by molar-refractivity contribution is 5.95. The molecule has 0 unspecified atom stereocenters. The summed E-state index contributed by atoms with van der Waals surface area (Å²) < 4.78 is 39.4. The van der Waals surface area contributed by atoms with Crippen molar-refractivity contribution in [3.05, 3.63) is 64.2 Å². The fraction of sp³-hybridized carbons (Fsp3) is 0.263. The monoisotopic (exact) mass is 359 g/mol. The molecule has 2 N–H and O–H groups in total. The van der Waals surface area contributed by atoms with Crippen molar-refractivity contribution >= 4 is 11.6 Å². The summed E-state index contributed by atoms with van der Waals surface area (Å²) in [5.74, 6) is -0.518. The molecule has 1 aliphatic carbocycles. The summed E-state index contributed by atoms with van der Waals surface area (Å²) in [6.45, 7) is 0. The van der Waals surface area contributed by atoms with Gasteiger partial charge in [0.15, 0.2) is 0 Å². The number of hydrazine groups is 1. The summed E-state index contributed by atoms with van der Waals surface area (Å²) in [7, 11) is 0. The van der Waals surface area contributed by atoms with E-state index in [1.165, 1.54) is 11.6 Å². The van der Waals surface area contributed by atoms with Gasteiger partial charge >= 0.3 is 6.18 Å². The molecular formula is C19H16F3N3O. The van der Waals surface area contributed by atoms with E-state index in [0.717, 1.165) is 43.4 Å². The predicted molar refractivity (Wildman–Crippen MR) is 90.3 cm³/mol. The first-order chi connectivity index (χ1) is 12.4. The van der Waals surface area contributed by atoms with Crippen LogP contribution in [0.5, 0.6) is 0 Å². The summed E-state index contributed by atoms with van der Waals surface area (Å²) in [4.78, 5) is 12.3. The zero-order valence-corrected chi connectivity index (χ0v) is 13.8. The van der Waals surface area contributed by atoms with Gasteiger partial charge in [-0.15, -0.1) is 0 Å². The number of benzene rings is 2. The summed E-state index contributed by atoms with van der Waals surface area (Å²) >= 11 is 0. The summed E-state index contributed by atoms with van der Waals surface area (Å²) in [6.07, 6.45) is -0.575. The molecule has 2 aromatic carbocycles. The third kappa shape index (κ3) is 3.80. The number of anilines is 1. The number of nitrogens with one attached hydrogen (secondary N) is 2. The molecule has 1 aliphatic rings. The van der Waals surface area contributed by atoms with Crippen LogP contribution >= 0.6 is 0 Å². The molecule has 2 aromatic rings. The van der Waals surface area contributed by atoms with E-state index < -0.39 is 17.6 Å². The Balaban J connectivity index is 1.77. The van der Waals surface area contributed by atoms with E-state index in [1.807, 2.05) is 6.07 Å². The first kappa shape index (κ1) is 17.8. The van der Waals surface area contributed by atoms with Gasteiger partial charge in [0.05, 0.1) is 22.9 Å². The van der Waals surface area contributed by atoms with Gasteiger partial charge < -0.3 is 0 Å². The number of carbonyl (C=O) groups excluding carboxylic acids is 1. The van der Waals surface area contributed by atoms with E-state index in [2.05, 4.69) is 10.9 Å². The van der Waals surface area contributed by atoms with Crippen LogP contribution in [0.2, 0.25) is 0 Å². The smallest absolute Gasteiger partial charge is 0.298 e. The van der Waals surface area contributed by atoms with E-state index in [-0.39, 0.29) is 11.3 Å². The lowest BCUT2D eigenvalue weighted by molar-refractivity contribution is -0.137. The van der Waals surface area contributed by atoms with Crippen molar-refractivity contribution < 1.29 is 18.0 Å². The molecular weight excluding hydrogens is 343 g/mol. The average Bonchev–Trinajstić information content (AvgIpc) is 2.64. The predicted octanol–water partition coefficient (Wildman–Crippen LogP) is 4.21. The molecule has 0 saturated carbocycles. The second-order valence-corrected chi connectivity index (χ2v) is 6.14. The van der Waals surface area contributed by atoms with Crippen LogP contribution < -0.4 is 10.9 Å². The van der Waals surface area contributed by atoms with Crippen LogP contribution in [-0.4, -0.2) is 5.91 Å². The number of rotatable bonds is 3. The Morgan fingerprint density at radius 3 is 2.46 bits per heavy atom. The first-order valence-electron chi connectivity index (χ1n) is 8.18. The SMILES string of the molecule is N#Cc1ccc(NNC(=O)c2ccc3c(c2)CCCC3)c(C(F)(F)F)c1. The van der Waals surface area contributed by atoms with Crippen LogP contribution in [0, 0.1) is 11.3 Å². The first-order valence-corrected chi connectivity index (χ1v) is 8.18. The van der Waals surface area contributed by atoms with Crippen LogP contribution in [0.3, 0.4) is 0 Å². The van der Waals surface area contributed by atoms with Crippen LogP contribution in [0.1, 0.15) is 45.5 Å². The summed E-state index contributed by atoms with van der Waals surface area (Å²) in [5.41, 5.74) is 5.90. The van der Waals surface area contributed by atoms with Gasteiger partial charge in [-0.25, -0.2) is 0 Å². The minimum Gasteiger partial charge on any atom is -0.298 e. The van der Waals surface area contributed by atoms with Gasteiger partial charge in [0.1, 0.15) is 0 Å². The lowest BCUT2D eigenvalue weighted by Gasteiger charge is -2.18. The van der Waals surface area contributed by atoms with Gasteiger partial charge in [0.2, 0.25) is 0 Å². The van der Waals surface area contributed by atoms with Crippen molar-refractivity contribution in [2.45, 2.75) is 31.9 Å². The standard InChI is InChI=1S/C19H16F3N3O/c20-19(21,22)16-9-12(11-23)5-8-17(16)24-25-18(26)15-7-6-13-3-1-2-4-14(13)10-15/h5-10,24H,1-4H2,(H,25,26). The Morgan fingerprint density at radius 2 is 1.77 bits per heavy atom. The molecule has 7 heteroatoms. The molecule has 0 heterocycles. The van der Waals surface area contributed by atoms with Crippen LogP contribution in [0.15, 0.2) is 36.4 Å². The van der Waals surface area contributed by atoms with Crippen molar-refractivity contribution in [1.29, 1.82) is 5.26 Å². The number of nitriles is 1. The third-order valence-corrected chi connectivity index (χ3v) is 4.38. The van der Waals surface area contributed by atoms with Crippen LogP contribution in [0.25, 0.3) is 0 Å². The number of alkyl halides is 3. The molecule has 0 aliphatic heterocycles. The minimum absolute atomic E-state index is 0.108. The van der Waals surface area contributed by atoms with Crippen molar-refractivity contribution in [1.82, 2.24) is 5.43 Å². The van der Waals surface area contributed by atoms with Crippen molar-refractivity contribution in [2.24, 2.45) is 0 Å². The second kappa shape index (κ2) is 7.08. The van der Waals surface area contributed by atoms with Gasteiger partial charge in [-0.1, -0.05) is 6.07 Å². The van der Waals surface area contributed by atoms with Crippen LogP contribution in [-0.2, 0) is 19.0 Å². The fourth-order valence-corrected chi connectivity index (χ4v) is 3.03. The maximum atomic E-state index is 13.1. The maximum absolute atomic E-state index is 13.1. The number of amides is 1. The molecule has 0 spiro atoms. The molecule has 26 heavy (non-hydrogen) atoms. The van der Waals surface area contributed by atoms with E-state index in [1.54, 1.807) is 18.2 Å². The average molecular weight is 359 g/mol. The van der Waals surface area contributed by atoms with Gasteiger partial charge in [-0.2, -0.15) is 18.4 Å². The van der Waals surface area contributed by atoms with E-state index >= 15 is 0 Å². The normalized spacial score (nSPS) is 13.5. The Labute approximate surface area is 148 Å². The van der Waals surface area contributed by atoms with Crippen LogP contribution in [0.4, 0.5) is 18.9 Å². The lowest BCUT2D eigenvalue weighted by Crippen LogP contribution is -2.30. The maximum Gasteiger partial charge on any atom is 0.418 e.